The lowest BCUT2D eigenvalue weighted by molar-refractivity contribution is -0.237. The highest BCUT2D eigenvalue weighted by Crippen LogP contribution is 2.70. The van der Waals surface area contributed by atoms with Gasteiger partial charge in [0.2, 0.25) is 0 Å². The number of hydrogen-bond acceptors (Lipinski definition) is 7. The monoisotopic (exact) mass is 514 g/mol. The van der Waals surface area contributed by atoms with Crippen LogP contribution in [0.1, 0.15) is 84.0 Å². The average Bonchev–Trinajstić information content (AvgIpc) is 3.42. The van der Waals surface area contributed by atoms with Gasteiger partial charge < -0.3 is 25.0 Å². The number of hydrogen-bond donors (Lipinski definition) is 3. The van der Waals surface area contributed by atoms with Gasteiger partial charge in [-0.1, -0.05) is 13.3 Å². The number of carbonyl (C=O) groups excluding carboxylic acids is 1. The summed E-state index contributed by atoms with van der Waals surface area (Å²) in [5.41, 5.74) is -1.57. The minimum Gasteiger partial charge on any atom is -0.458 e. The molecular weight excluding hydrogens is 468 g/mol. The van der Waals surface area contributed by atoms with Gasteiger partial charge in [0.1, 0.15) is 6.61 Å². The second kappa shape index (κ2) is 9.42. The molecular formula is C30H46N2O5. The molecule has 4 aliphatic carbocycles. The third-order valence-electron chi connectivity index (χ3n) is 12.0. The summed E-state index contributed by atoms with van der Waals surface area (Å²) < 4.78 is 5.26. The number of aliphatic hydroxyl groups excluding tert-OH is 1. The van der Waals surface area contributed by atoms with E-state index in [-0.39, 0.29) is 29.1 Å². The quantitative estimate of drug-likeness (QED) is 0.385. The van der Waals surface area contributed by atoms with Crippen LogP contribution in [0.3, 0.4) is 0 Å². The minimum atomic E-state index is -0.975. The summed E-state index contributed by atoms with van der Waals surface area (Å²) >= 11 is 0. The molecule has 0 aromatic heterocycles. The molecule has 1 saturated heterocycles. The zero-order valence-corrected chi connectivity index (χ0v) is 22.5. The predicted octanol–water partition coefficient (Wildman–Crippen LogP) is 3.26. The summed E-state index contributed by atoms with van der Waals surface area (Å²) in [7, 11) is 0. The van der Waals surface area contributed by atoms with Gasteiger partial charge in [0, 0.05) is 36.1 Å². The zero-order valence-electron chi connectivity index (χ0n) is 22.5. The van der Waals surface area contributed by atoms with Gasteiger partial charge in [-0.2, -0.15) is 0 Å². The fraction of sp³-hybridized carbons (Fsp3) is 0.867. The topological polar surface area (TPSA) is 103 Å². The number of esters is 1. The average molecular weight is 515 g/mol. The minimum absolute atomic E-state index is 0.0823. The van der Waals surface area contributed by atoms with Crippen LogP contribution in [0.5, 0.6) is 0 Å². The number of carbonyl (C=O) groups is 1. The molecule has 7 nitrogen and oxygen atoms in total. The normalized spacial score (nSPS) is 48.3. The van der Waals surface area contributed by atoms with Gasteiger partial charge in [0.25, 0.3) is 0 Å². The molecule has 5 fully saturated rings. The van der Waals surface area contributed by atoms with E-state index in [2.05, 4.69) is 18.0 Å². The Kier molecular flexibility index (Phi) is 6.62. The Morgan fingerprint density at radius 1 is 1.05 bits per heavy atom. The van der Waals surface area contributed by atoms with Crippen LogP contribution in [-0.4, -0.2) is 82.5 Å². The van der Waals surface area contributed by atoms with Crippen molar-refractivity contribution in [1.29, 1.82) is 0 Å². The van der Waals surface area contributed by atoms with E-state index in [0.717, 1.165) is 70.3 Å². The summed E-state index contributed by atoms with van der Waals surface area (Å²) in [6.45, 7) is 6.60. The van der Waals surface area contributed by atoms with Crippen molar-refractivity contribution in [2.75, 3.05) is 32.8 Å². The number of fused-ring (bicyclic) bond motifs is 5. The van der Waals surface area contributed by atoms with Gasteiger partial charge >= 0.3 is 5.97 Å². The number of aliphatic imine (C=N–C) groups is 1. The highest BCUT2D eigenvalue weighted by Gasteiger charge is 2.71. The molecule has 8 atom stereocenters. The first kappa shape index (κ1) is 26.0. The van der Waals surface area contributed by atoms with Crippen molar-refractivity contribution in [2.24, 2.45) is 33.6 Å². The first-order valence-electron chi connectivity index (χ1n) is 14.9. The first-order valence-corrected chi connectivity index (χ1v) is 14.9. The molecule has 0 aromatic rings. The summed E-state index contributed by atoms with van der Waals surface area (Å²) in [6, 6.07) is 0. The molecule has 37 heavy (non-hydrogen) atoms. The zero-order chi connectivity index (χ0) is 25.9. The van der Waals surface area contributed by atoms with Crippen molar-refractivity contribution in [3.05, 3.63) is 11.6 Å². The number of nitrogens with zero attached hydrogens (tertiary/aromatic N) is 2. The third-order valence-corrected chi connectivity index (χ3v) is 12.0. The van der Waals surface area contributed by atoms with E-state index in [0.29, 0.717) is 25.9 Å². The van der Waals surface area contributed by atoms with E-state index in [1.807, 2.05) is 0 Å². The van der Waals surface area contributed by atoms with E-state index in [4.69, 9.17) is 9.73 Å². The Morgan fingerprint density at radius 3 is 2.59 bits per heavy atom. The van der Waals surface area contributed by atoms with Gasteiger partial charge in [0.05, 0.1) is 23.9 Å². The molecule has 6 rings (SSSR count). The lowest BCUT2D eigenvalue weighted by atomic mass is 9.41. The Morgan fingerprint density at radius 2 is 1.84 bits per heavy atom. The molecule has 2 heterocycles. The summed E-state index contributed by atoms with van der Waals surface area (Å²) in [6.07, 6.45) is 13.7. The van der Waals surface area contributed by atoms with Crippen molar-refractivity contribution < 1.29 is 24.9 Å². The van der Waals surface area contributed by atoms with Crippen molar-refractivity contribution >= 4 is 12.2 Å². The van der Waals surface area contributed by atoms with Crippen molar-refractivity contribution in [3.8, 4) is 0 Å². The number of likely N-dealkylation sites (tertiary alicyclic amines) is 1. The maximum Gasteiger partial charge on any atom is 0.331 e. The molecule has 8 unspecified atom stereocenters. The van der Waals surface area contributed by atoms with Gasteiger partial charge in [-0.05, 0) is 101 Å². The highest BCUT2D eigenvalue weighted by molar-refractivity contribution is 5.85. The van der Waals surface area contributed by atoms with Gasteiger partial charge in [-0.15, -0.1) is 0 Å². The lowest BCUT2D eigenvalue weighted by Crippen LogP contribution is -2.68. The molecule has 7 heteroatoms. The predicted molar refractivity (Wildman–Crippen MR) is 141 cm³/mol. The van der Waals surface area contributed by atoms with Crippen LogP contribution in [0.2, 0.25) is 0 Å². The lowest BCUT2D eigenvalue weighted by Gasteiger charge is -2.65. The van der Waals surface area contributed by atoms with Crippen molar-refractivity contribution in [2.45, 2.75) is 101 Å². The van der Waals surface area contributed by atoms with Crippen LogP contribution in [0.4, 0.5) is 0 Å². The number of cyclic esters (lactones) is 1. The van der Waals surface area contributed by atoms with Gasteiger partial charge in [-0.25, -0.2) is 4.79 Å². The second-order valence-electron chi connectivity index (χ2n) is 13.5. The fourth-order valence-corrected chi connectivity index (χ4v) is 9.97. The van der Waals surface area contributed by atoms with Crippen LogP contribution in [-0.2, 0) is 9.53 Å². The maximum absolute atomic E-state index is 12.5. The number of rotatable bonds is 5. The molecule has 206 valence electrons. The smallest absolute Gasteiger partial charge is 0.331 e. The molecule has 0 bridgehead atoms. The Labute approximate surface area is 221 Å². The maximum atomic E-state index is 12.5. The second-order valence-corrected chi connectivity index (χ2v) is 13.5. The highest BCUT2D eigenvalue weighted by atomic mass is 16.5. The molecule has 3 N–H and O–H groups in total. The largest absolute Gasteiger partial charge is 0.458 e. The summed E-state index contributed by atoms with van der Waals surface area (Å²) in [5.74, 6) is 0.127. The van der Waals surface area contributed by atoms with Crippen LogP contribution in [0.15, 0.2) is 16.6 Å². The molecule has 0 amide bonds. The van der Waals surface area contributed by atoms with E-state index in [9.17, 15) is 20.1 Å². The Hall–Kier alpha value is -1.28. The molecule has 0 radical (unpaired) electrons. The standard InChI is InChI=1S/C30H46N2O5/c1-27-9-6-24-25(30(27,36)12-8-23(27)21-17-26(34)37-19-21)7-11-29(35)18-22(33)5-10-28(24,29)20-31-13-16-32-14-3-2-4-15-32/h17,20,22-25,33,35-36H,2-16,18-19H2,1H3. The SMILES string of the molecule is CC12CCC3C(CCC4(O)CC(O)CCC34C=NCCN3CCCCC3)C1(O)CCC2C1=CC(=O)OC1. The number of aliphatic hydroxyl groups is 3. The third kappa shape index (κ3) is 3.97. The fourth-order valence-electron chi connectivity index (χ4n) is 9.97. The van der Waals surface area contributed by atoms with Crippen LogP contribution < -0.4 is 0 Å². The van der Waals surface area contributed by atoms with E-state index in [1.165, 1.54) is 19.3 Å². The van der Waals surface area contributed by atoms with E-state index >= 15 is 0 Å². The Balaban J connectivity index is 1.28. The molecule has 2 aliphatic heterocycles. The number of piperidine rings is 1. The van der Waals surface area contributed by atoms with Crippen molar-refractivity contribution in [3.63, 3.8) is 0 Å². The molecule has 4 saturated carbocycles. The summed E-state index contributed by atoms with van der Waals surface area (Å²) in [4.78, 5) is 19.3. The molecule has 6 aliphatic rings. The van der Waals surface area contributed by atoms with Gasteiger partial charge in [-0.3, -0.25) is 4.99 Å². The van der Waals surface area contributed by atoms with Crippen LogP contribution in [0, 0.1) is 28.6 Å². The number of ether oxygens (including phenoxy) is 1. The van der Waals surface area contributed by atoms with E-state index < -0.39 is 22.7 Å². The Bertz CT molecular complexity index is 962. The van der Waals surface area contributed by atoms with Gasteiger partial charge in [0.15, 0.2) is 0 Å². The van der Waals surface area contributed by atoms with Crippen LogP contribution >= 0.6 is 0 Å². The first-order chi connectivity index (χ1) is 17.7. The van der Waals surface area contributed by atoms with E-state index in [1.54, 1.807) is 6.08 Å². The molecule has 0 aromatic carbocycles. The van der Waals surface area contributed by atoms with Crippen molar-refractivity contribution in [1.82, 2.24) is 4.90 Å². The molecule has 0 spiro atoms. The van der Waals surface area contributed by atoms with Crippen LogP contribution in [0.25, 0.3) is 0 Å². The summed E-state index contributed by atoms with van der Waals surface area (Å²) in [5, 5.41) is 35.2.